The average molecular weight is 284 g/mol. The Bertz CT molecular complexity index is 378. The molecule has 0 saturated heterocycles. The van der Waals surface area contributed by atoms with Crippen molar-refractivity contribution in [3.8, 4) is 5.75 Å². The van der Waals surface area contributed by atoms with Gasteiger partial charge in [-0.25, -0.2) is 0 Å². The fraction of sp³-hybridized carbons (Fsp3) is 0.538. The Morgan fingerprint density at radius 2 is 2.31 bits per heavy atom. The topological polar surface area (TPSA) is 21.3 Å². The summed E-state index contributed by atoms with van der Waals surface area (Å²) >= 11 is 3.62. The molecule has 1 aliphatic carbocycles. The number of halogens is 1. The third-order valence-corrected chi connectivity index (χ3v) is 3.89. The summed E-state index contributed by atoms with van der Waals surface area (Å²) in [6.45, 7) is 3.26. The summed E-state index contributed by atoms with van der Waals surface area (Å²) in [5.74, 6) is 1.02. The number of ether oxygens (including phenoxy) is 1. The molecular weight excluding hydrogens is 266 g/mol. The van der Waals surface area contributed by atoms with E-state index < -0.39 is 0 Å². The quantitative estimate of drug-likeness (QED) is 0.914. The van der Waals surface area contributed by atoms with Gasteiger partial charge in [-0.15, -0.1) is 0 Å². The molecule has 16 heavy (non-hydrogen) atoms. The van der Waals surface area contributed by atoms with Gasteiger partial charge in [-0.1, -0.05) is 22.9 Å². The highest BCUT2D eigenvalue weighted by molar-refractivity contribution is 9.10. The largest absolute Gasteiger partial charge is 0.496 e. The predicted molar refractivity (Wildman–Crippen MR) is 70.0 cm³/mol. The molecule has 2 rings (SSSR count). The van der Waals surface area contributed by atoms with Gasteiger partial charge >= 0.3 is 0 Å². The minimum atomic E-state index is 0.461. The first-order chi connectivity index (χ1) is 7.77. The molecule has 0 aromatic heterocycles. The van der Waals surface area contributed by atoms with Crippen LogP contribution in [0.25, 0.3) is 0 Å². The van der Waals surface area contributed by atoms with Crippen LogP contribution in [-0.2, 0) is 6.42 Å². The first kappa shape index (κ1) is 11.9. The van der Waals surface area contributed by atoms with Gasteiger partial charge in [0.2, 0.25) is 0 Å². The molecular formula is C13H18BrNO. The number of methoxy groups -OCH3 is 1. The van der Waals surface area contributed by atoms with Crippen molar-refractivity contribution < 1.29 is 4.74 Å². The van der Waals surface area contributed by atoms with Gasteiger partial charge in [0, 0.05) is 16.1 Å². The SMILES string of the molecule is CCCNC1CCc2c(Br)ccc(OC)c21. The van der Waals surface area contributed by atoms with Crippen LogP contribution in [0.15, 0.2) is 16.6 Å². The molecule has 1 unspecified atom stereocenters. The van der Waals surface area contributed by atoms with Crippen LogP contribution in [0, 0.1) is 0 Å². The van der Waals surface area contributed by atoms with Crippen LogP contribution in [0.5, 0.6) is 5.75 Å². The van der Waals surface area contributed by atoms with Crippen LogP contribution < -0.4 is 10.1 Å². The number of hydrogen-bond acceptors (Lipinski definition) is 2. The Hall–Kier alpha value is -0.540. The Labute approximate surface area is 106 Å². The molecule has 88 valence electrons. The lowest BCUT2D eigenvalue weighted by molar-refractivity contribution is 0.400. The molecule has 0 spiro atoms. The molecule has 0 amide bonds. The number of fused-ring (bicyclic) bond motifs is 1. The monoisotopic (exact) mass is 283 g/mol. The van der Waals surface area contributed by atoms with Gasteiger partial charge in [-0.05, 0) is 43.5 Å². The molecule has 1 aromatic rings. The van der Waals surface area contributed by atoms with Crippen molar-refractivity contribution in [3.63, 3.8) is 0 Å². The predicted octanol–water partition coefficient (Wildman–Crippen LogP) is 3.44. The second kappa shape index (κ2) is 5.19. The summed E-state index contributed by atoms with van der Waals surface area (Å²) in [4.78, 5) is 0. The number of benzene rings is 1. The summed E-state index contributed by atoms with van der Waals surface area (Å²) in [7, 11) is 1.75. The zero-order valence-electron chi connectivity index (χ0n) is 9.85. The first-order valence-corrected chi connectivity index (χ1v) is 6.65. The molecule has 1 atom stereocenters. The molecule has 0 aliphatic heterocycles. The van der Waals surface area contributed by atoms with Crippen LogP contribution in [0.3, 0.4) is 0 Å². The van der Waals surface area contributed by atoms with Crippen LogP contribution in [0.2, 0.25) is 0 Å². The van der Waals surface area contributed by atoms with Gasteiger partial charge in [0.1, 0.15) is 5.75 Å². The zero-order valence-corrected chi connectivity index (χ0v) is 11.4. The number of hydrogen-bond donors (Lipinski definition) is 1. The highest BCUT2D eigenvalue weighted by Crippen LogP contribution is 2.41. The lowest BCUT2D eigenvalue weighted by atomic mass is 10.1. The van der Waals surface area contributed by atoms with Crippen LogP contribution in [0.4, 0.5) is 0 Å². The Morgan fingerprint density at radius 3 is 3.00 bits per heavy atom. The van der Waals surface area contributed by atoms with E-state index in [2.05, 4.69) is 40.3 Å². The first-order valence-electron chi connectivity index (χ1n) is 5.86. The molecule has 2 nitrogen and oxygen atoms in total. The molecule has 3 heteroatoms. The second-order valence-corrected chi connectivity index (χ2v) is 5.04. The van der Waals surface area contributed by atoms with E-state index in [0.29, 0.717) is 6.04 Å². The summed E-state index contributed by atoms with van der Waals surface area (Å²) in [5.41, 5.74) is 2.76. The van der Waals surface area contributed by atoms with E-state index in [-0.39, 0.29) is 0 Å². The summed E-state index contributed by atoms with van der Waals surface area (Å²) < 4.78 is 6.67. The lowest BCUT2D eigenvalue weighted by Gasteiger charge is -2.16. The van der Waals surface area contributed by atoms with Gasteiger partial charge in [-0.2, -0.15) is 0 Å². The third-order valence-electron chi connectivity index (χ3n) is 3.15. The minimum Gasteiger partial charge on any atom is -0.496 e. The summed E-state index contributed by atoms with van der Waals surface area (Å²) in [6.07, 6.45) is 3.48. The molecule has 1 aliphatic rings. The van der Waals surface area contributed by atoms with Crippen LogP contribution >= 0.6 is 15.9 Å². The molecule has 0 fully saturated rings. The van der Waals surface area contributed by atoms with Crippen molar-refractivity contribution in [2.75, 3.05) is 13.7 Å². The van der Waals surface area contributed by atoms with E-state index in [1.54, 1.807) is 7.11 Å². The van der Waals surface area contributed by atoms with Gasteiger partial charge in [-0.3, -0.25) is 0 Å². The molecule has 0 heterocycles. The van der Waals surface area contributed by atoms with E-state index in [0.717, 1.165) is 18.7 Å². The molecule has 0 bridgehead atoms. The average Bonchev–Trinajstić information content (AvgIpc) is 2.72. The van der Waals surface area contributed by atoms with Crippen molar-refractivity contribution in [2.45, 2.75) is 32.2 Å². The molecule has 0 saturated carbocycles. The highest BCUT2D eigenvalue weighted by atomic mass is 79.9. The molecule has 0 radical (unpaired) electrons. The van der Waals surface area contributed by atoms with Crippen molar-refractivity contribution in [1.82, 2.24) is 5.32 Å². The van der Waals surface area contributed by atoms with E-state index >= 15 is 0 Å². The Kier molecular flexibility index (Phi) is 3.87. The summed E-state index contributed by atoms with van der Waals surface area (Å²) in [6, 6.07) is 4.59. The Balaban J connectivity index is 2.32. The maximum absolute atomic E-state index is 5.46. The minimum absolute atomic E-state index is 0.461. The molecule has 1 N–H and O–H groups in total. The van der Waals surface area contributed by atoms with E-state index in [1.165, 1.54) is 28.4 Å². The van der Waals surface area contributed by atoms with Crippen molar-refractivity contribution in [1.29, 1.82) is 0 Å². The fourth-order valence-electron chi connectivity index (χ4n) is 2.39. The standard InChI is InChI=1S/C13H18BrNO/c1-3-8-15-11-6-4-9-10(14)5-7-12(16-2)13(9)11/h5,7,11,15H,3-4,6,8H2,1-2H3. The lowest BCUT2D eigenvalue weighted by Crippen LogP contribution is -2.20. The maximum atomic E-state index is 5.46. The number of nitrogens with one attached hydrogen (secondary N) is 1. The van der Waals surface area contributed by atoms with Crippen molar-refractivity contribution in [3.05, 3.63) is 27.7 Å². The third kappa shape index (κ3) is 2.11. The van der Waals surface area contributed by atoms with Gasteiger partial charge in [0.15, 0.2) is 0 Å². The van der Waals surface area contributed by atoms with Crippen LogP contribution in [0.1, 0.15) is 36.9 Å². The molecule has 1 aromatic carbocycles. The zero-order chi connectivity index (χ0) is 11.5. The normalized spacial score (nSPS) is 18.6. The van der Waals surface area contributed by atoms with E-state index in [1.807, 2.05) is 0 Å². The fourth-order valence-corrected chi connectivity index (χ4v) is 2.93. The smallest absolute Gasteiger partial charge is 0.123 e. The second-order valence-electron chi connectivity index (χ2n) is 4.19. The highest BCUT2D eigenvalue weighted by Gasteiger charge is 2.27. The summed E-state index contributed by atoms with van der Waals surface area (Å²) in [5, 5.41) is 3.59. The maximum Gasteiger partial charge on any atom is 0.123 e. The van der Waals surface area contributed by atoms with Gasteiger partial charge in [0.05, 0.1) is 7.11 Å². The van der Waals surface area contributed by atoms with E-state index in [4.69, 9.17) is 4.74 Å². The van der Waals surface area contributed by atoms with E-state index in [9.17, 15) is 0 Å². The van der Waals surface area contributed by atoms with Gasteiger partial charge < -0.3 is 10.1 Å². The number of rotatable bonds is 4. The Morgan fingerprint density at radius 1 is 1.50 bits per heavy atom. The van der Waals surface area contributed by atoms with Crippen molar-refractivity contribution in [2.24, 2.45) is 0 Å². The van der Waals surface area contributed by atoms with Gasteiger partial charge in [0.25, 0.3) is 0 Å². The van der Waals surface area contributed by atoms with Crippen molar-refractivity contribution >= 4 is 15.9 Å². The van der Waals surface area contributed by atoms with Crippen LogP contribution in [-0.4, -0.2) is 13.7 Å².